The summed E-state index contributed by atoms with van der Waals surface area (Å²) < 4.78 is 126. The number of amides is 1. The summed E-state index contributed by atoms with van der Waals surface area (Å²) in [6.07, 6.45) is -16.0. The Hall–Kier alpha value is -3.49. The summed E-state index contributed by atoms with van der Waals surface area (Å²) in [6, 6.07) is 1.49. The van der Waals surface area contributed by atoms with E-state index in [0.29, 0.717) is 50.8 Å². The Bertz CT molecular complexity index is 1270. The molecule has 1 aromatic heterocycles. The SMILES string of the molecule is C=C1[C@@H](c2cc(C(F)(F)F)cc(C(F)(F)F)c2)OC(=O)N1Cc1cc(C(F)(F)F)cnc1N(CC)C1CCNCC1. The molecular weight excluding hydrogens is 571 g/mol. The smallest absolute Gasteiger partial charge is 0.417 e. The molecule has 4 rings (SSSR count). The quantitative estimate of drug-likeness (QED) is 0.367. The van der Waals surface area contributed by atoms with Crippen LogP contribution < -0.4 is 10.2 Å². The van der Waals surface area contributed by atoms with E-state index in [1.165, 1.54) is 0 Å². The van der Waals surface area contributed by atoms with Crippen molar-refractivity contribution in [1.29, 1.82) is 0 Å². The highest BCUT2D eigenvalue weighted by molar-refractivity contribution is 5.74. The van der Waals surface area contributed by atoms with Crippen molar-refractivity contribution in [3.05, 3.63) is 70.6 Å². The highest BCUT2D eigenvalue weighted by Crippen LogP contribution is 2.43. The first-order valence-electron chi connectivity index (χ1n) is 12.5. The molecule has 3 heterocycles. The molecule has 1 atom stereocenters. The number of rotatable bonds is 6. The Morgan fingerprint density at radius 3 is 2.02 bits per heavy atom. The number of carbonyl (C=O) groups is 1. The number of hydrogen-bond donors (Lipinski definition) is 1. The van der Waals surface area contributed by atoms with Crippen LogP contribution in [0.15, 0.2) is 42.7 Å². The highest BCUT2D eigenvalue weighted by Gasteiger charge is 2.42. The minimum absolute atomic E-state index is 0.0426. The second-order valence-corrected chi connectivity index (χ2v) is 9.65. The van der Waals surface area contributed by atoms with E-state index in [0.717, 1.165) is 11.0 Å². The van der Waals surface area contributed by atoms with Gasteiger partial charge in [0, 0.05) is 24.3 Å². The van der Waals surface area contributed by atoms with E-state index in [9.17, 15) is 44.3 Å². The standard InChI is InChI=1S/C26H25F9N4O2/c1-3-38(20-4-6-36-7-5-20)22-16(10-19(12-37-22)26(33,34)35)13-39-14(2)21(41-23(39)40)15-8-17(24(27,28)29)11-18(9-15)25(30,31)32/h8-12,20-21,36H,2-7,13H2,1H3/t21-/m0/s1. The molecule has 2 saturated heterocycles. The fraction of sp³-hybridized carbons (Fsp3) is 0.462. The Balaban J connectivity index is 1.72. The minimum Gasteiger partial charge on any atom is -0.434 e. The number of nitrogens with one attached hydrogen (secondary N) is 1. The van der Waals surface area contributed by atoms with Gasteiger partial charge in [0.25, 0.3) is 0 Å². The van der Waals surface area contributed by atoms with Gasteiger partial charge in [0.2, 0.25) is 0 Å². The molecule has 0 saturated carbocycles. The van der Waals surface area contributed by atoms with Crippen LogP contribution in [0.3, 0.4) is 0 Å². The normalized spacial score (nSPS) is 19.1. The van der Waals surface area contributed by atoms with E-state index in [4.69, 9.17) is 4.74 Å². The molecule has 0 spiro atoms. The number of cyclic esters (lactones) is 1. The van der Waals surface area contributed by atoms with Gasteiger partial charge in [-0.2, -0.15) is 39.5 Å². The molecule has 0 unspecified atom stereocenters. The second kappa shape index (κ2) is 11.1. The van der Waals surface area contributed by atoms with Crippen LogP contribution in [-0.2, 0) is 29.8 Å². The van der Waals surface area contributed by atoms with Gasteiger partial charge in [-0.3, -0.25) is 4.90 Å². The molecule has 1 N–H and O–H groups in total. The molecule has 41 heavy (non-hydrogen) atoms. The Morgan fingerprint density at radius 1 is 0.951 bits per heavy atom. The van der Waals surface area contributed by atoms with Gasteiger partial charge < -0.3 is 15.0 Å². The number of anilines is 1. The molecule has 1 aromatic carbocycles. The second-order valence-electron chi connectivity index (χ2n) is 9.65. The molecule has 2 aliphatic rings. The number of halogens is 9. The number of benzene rings is 1. The summed E-state index contributed by atoms with van der Waals surface area (Å²) in [7, 11) is 0. The molecule has 0 bridgehead atoms. The molecule has 15 heteroatoms. The van der Waals surface area contributed by atoms with Gasteiger partial charge in [-0.05, 0) is 62.7 Å². The van der Waals surface area contributed by atoms with Crippen LogP contribution >= 0.6 is 0 Å². The number of alkyl halides is 9. The molecule has 0 aliphatic carbocycles. The van der Waals surface area contributed by atoms with E-state index in [-0.39, 0.29) is 29.2 Å². The number of pyridine rings is 1. The van der Waals surface area contributed by atoms with Crippen molar-refractivity contribution in [2.45, 2.75) is 57.0 Å². The lowest BCUT2D eigenvalue weighted by Crippen LogP contribution is -2.44. The summed E-state index contributed by atoms with van der Waals surface area (Å²) in [5, 5.41) is 3.19. The average molecular weight is 596 g/mol. The van der Waals surface area contributed by atoms with Crippen molar-refractivity contribution in [2.24, 2.45) is 0 Å². The predicted molar refractivity (Wildman–Crippen MR) is 129 cm³/mol. The summed E-state index contributed by atoms with van der Waals surface area (Å²) in [4.78, 5) is 19.5. The van der Waals surface area contributed by atoms with E-state index in [1.54, 1.807) is 11.8 Å². The van der Waals surface area contributed by atoms with Crippen LogP contribution in [0.1, 0.15) is 53.7 Å². The van der Waals surface area contributed by atoms with Gasteiger partial charge in [-0.25, -0.2) is 9.78 Å². The maximum atomic E-state index is 13.6. The van der Waals surface area contributed by atoms with Crippen LogP contribution in [0.2, 0.25) is 0 Å². The molecule has 2 aromatic rings. The van der Waals surface area contributed by atoms with Crippen LogP contribution in [0.25, 0.3) is 0 Å². The zero-order valence-electron chi connectivity index (χ0n) is 21.6. The van der Waals surface area contributed by atoms with Gasteiger partial charge in [-0.15, -0.1) is 0 Å². The monoisotopic (exact) mass is 596 g/mol. The van der Waals surface area contributed by atoms with Gasteiger partial charge in [-0.1, -0.05) is 6.58 Å². The van der Waals surface area contributed by atoms with Crippen LogP contribution in [-0.4, -0.2) is 41.7 Å². The molecular formula is C26H25F9N4O2. The molecule has 2 fully saturated rings. The Morgan fingerprint density at radius 2 is 1.51 bits per heavy atom. The van der Waals surface area contributed by atoms with Gasteiger partial charge in [0.05, 0.1) is 28.9 Å². The summed E-state index contributed by atoms with van der Waals surface area (Å²) in [5.74, 6) is 0.162. The van der Waals surface area contributed by atoms with Gasteiger partial charge in [0.15, 0.2) is 6.10 Å². The Kier molecular flexibility index (Phi) is 8.22. The third kappa shape index (κ3) is 6.54. The maximum Gasteiger partial charge on any atom is 0.417 e. The highest BCUT2D eigenvalue weighted by atomic mass is 19.4. The minimum atomic E-state index is -5.14. The topological polar surface area (TPSA) is 57.7 Å². The number of piperidine rings is 1. The fourth-order valence-corrected chi connectivity index (χ4v) is 4.95. The van der Waals surface area contributed by atoms with Crippen LogP contribution in [0.4, 0.5) is 50.1 Å². The van der Waals surface area contributed by atoms with Crippen LogP contribution in [0, 0.1) is 0 Å². The van der Waals surface area contributed by atoms with E-state index >= 15 is 0 Å². The molecule has 1 amide bonds. The van der Waals surface area contributed by atoms with Gasteiger partial charge >= 0.3 is 24.6 Å². The van der Waals surface area contributed by atoms with Crippen molar-refractivity contribution in [2.75, 3.05) is 24.5 Å². The number of hydrogen-bond acceptors (Lipinski definition) is 5. The van der Waals surface area contributed by atoms with Crippen molar-refractivity contribution >= 4 is 11.9 Å². The first kappa shape index (κ1) is 30.5. The third-order valence-corrected chi connectivity index (χ3v) is 6.96. The van der Waals surface area contributed by atoms with E-state index < -0.39 is 59.5 Å². The van der Waals surface area contributed by atoms with Crippen molar-refractivity contribution in [1.82, 2.24) is 15.2 Å². The average Bonchev–Trinajstić information content (AvgIpc) is 3.17. The summed E-state index contributed by atoms with van der Waals surface area (Å²) in [6.45, 7) is 6.57. The lowest BCUT2D eigenvalue weighted by atomic mass is 9.99. The maximum absolute atomic E-state index is 13.6. The zero-order chi connectivity index (χ0) is 30.3. The van der Waals surface area contributed by atoms with Crippen molar-refractivity contribution in [3.8, 4) is 0 Å². The van der Waals surface area contributed by atoms with E-state index in [1.807, 2.05) is 0 Å². The lowest BCUT2D eigenvalue weighted by Gasteiger charge is -2.36. The largest absolute Gasteiger partial charge is 0.434 e. The molecule has 6 nitrogen and oxygen atoms in total. The first-order chi connectivity index (χ1) is 19.0. The summed E-state index contributed by atoms with van der Waals surface area (Å²) in [5.41, 5.74) is -5.35. The number of nitrogens with zero attached hydrogens (tertiary/aromatic N) is 3. The summed E-state index contributed by atoms with van der Waals surface area (Å²) >= 11 is 0. The fourth-order valence-electron chi connectivity index (χ4n) is 4.95. The lowest BCUT2D eigenvalue weighted by molar-refractivity contribution is -0.143. The Labute approximate surface area is 228 Å². The van der Waals surface area contributed by atoms with Crippen LogP contribution in [0.5, 0.6) is 0 Å². The number of carbonyl (C=O) groups excluding carboxylic acids is 1. The number of ether oxygens (including phenoxy) is 1. The molecule has 224 valence electrons. The zero-order valence-corrected chi connectivity index (χ0v) is 21.6. The van der Waals surface area contributed by atoms with E-state index in [2.05, 4.69) is 16.9 Å². The molecule has 2 aliphatic heterocycles. The van der Waals surface area contributed by atoms with Crippen molar-refractivity contribution in [3.63, 3.8) is 0 Å². The molecule has 0 radical (unpaired) electrons. The van der Waals surface area contributed by atoms with Gasteiger partial charge in [0.1, 0.15) is 5.82 Å². The number of aromatic nitrogens is 1. The van der Waals surface area contributed by atoms with Crippen molar-refractivity contribution < 1.29 is 49.0 Å². The first-order valence-corrected chi connectivity index (χ1v) is 12.5. The third-order valence-electron chi connectivity index (χ3n) is 6.96. The predicted octanol–water partition coefficient (Wildman–Crippen LogP) is 6.92.